The SMILES string of the molecule is CCN(CC)Cc1cccc(NC(=O)CN2C(=O)NC3(CCCCC3)C2=O)c1. The molecule has 3 rings (SSSR count). The predicted molar refractivity (Wildman–Crippen MR) is 108 cm³/mol. The highest BCUT2D eigenvalue weighted by atomic mass is 16.2. The van der Waals surface area contributed by atoms with Gasteiger partial charge in [-0.2, -0.15) is 0 Å². The molecule has 0 atom stereocenters. The van der Waals surface area contributed by atoms with Gasteiger partial charge < -0.3 is 10.6 Å². The van der Waals surface area contributed by atoms with Crippen molar-refractivity contribution in [2.24, 2.45) is 0 Å². The number of nitrogens with one attached hydrogen (secondary N) is 2. The Morgan fingerprint density at radius 1 is 1.18 bits per heavy atom. The molecule has 2 fully saturated rings. The monoisotopic (exact) mass is 386 g/mol. The van der Waals surface area contributed by atoms with E-state index in [2.05, 4.69) is 29.4 Å². The van der Waals surface area contributed by atoms with E-state index in [9.17, 15) is 14.4 Å². The first-order valence-corrected chi connectivity index (χ1v) is 10.2. The van der Waals surface area contributed by atoms with Crippen LogP contribution in [0, 0.1) is 0 Å². The summed E-state index contributed by atoms with van der Waals surface area (Å²) in [6.07, 6.45) is 4.23. The molecule has 0 unspecified atom stereocenters. The van der Waals surface area contributed by atoms with E-state index in [4.69, 9.17) is 0 Å². The van der Waals surface area contributed by atoms with Crippen LogP contribution in [-0.2, 0) is 16.1 Å². The Hall–Kier alpha value is -2.41. The predicted octanol–water partition coefficient (Wildman–Crippen LogP) is 2.72. The van der Waals surface area contributed by atoms with Gasteiger partial charge in [-0.25, -0.2) is 4.79 Å². The van der Waals surface area contributed by atoms with Crippen LogP contribution in [-0.4, -0.2) is 52.8 Å². The summed E-state index contributed by atoms with van der Waals surface area (Å²) in [5.74, 6) is -0.626. The first-order chi connectivity index (χ1) is 13.5. The van der Waals surface area contributed by atoms with Crippen molar-refractivity contribution in [3.8, 4) is 0 Å². The maximum absolute atomic E-state index is 12.8. The number of urea groups is 1. The summed E-state index contributed by atoms with van der Waals surface area (Å²) >= 11 is 0. The van der Waals surface area contributed by atoms with Crippen LogP contribution in [0.4, 0.5) is 10.5 Å². The standard InChI is InChI=1S/C21H30N4O3/c1-3-24(4-2)14-16-9-8-10-17(13-16)22-18(26)15-25-19(27)21(23-20(25)28)11-6-5-7-12-21/h8-10,13H,3-7,11-12,14-15H2,1-2H3,(H,22,26)(H,23,28). The van der Waals surface area contributed by atoms with Crippen LogP contribution in [0.1, 0.15) is 51.5 Å². The Balaban J connectivity index is 1.61. The Bertz CT molecular complexity index is 739. The van der Waals surface area contributed by atoms with E-state index in [0.717, 1.165) is 49.4 Å². The normalized spacial score (nSPS) is 18.6. The second-order valence-electron chi connectivity index (χ2n) is 7.67. The van der Waals surface area contributed by atoms with Gasteiger partial charge in [0.25, 0.3) is 5.91 Å². The molecular formula is C21H30N4O3. The fourth-order valence-corrected chi connectivity index (χ4v) is 4.11. The van der Waals surface area contributed by atoms with Crippen molar-refractivity contribution < 1.29 is 14.4 Å². The maximum atomic E-state index is 12.8. The van der Waals surface area contributed by atoms with Crippen LogP contribution in [0.2, 0.25) is 0 Å². The number of carbonyl (C=O) groups is 3. The molecule has 0 bridgehead atoms. The van der Waals surface area contributed by atoms with Crippen LogP contribution in [0.5, 0.6) is 0 Å². The second-order valence-corrected chi connectivity index (χ2v) is 7.67. The third-order valence-electron chi connectivity index (χ3n) is 5.77. The number of rotatable bonds is 7. The Labute approximate surface area is 166 Å². The first kappa shape index (κ1) is 20.3. The Morgan fingerprint density at radius 2 is 1.89 bits per heavy atom. The summed E-state index contributed by atoms with van der Waals surface area (Å²) in [5, 5.41) is 5.65. The smallest absolute Gasteiger partial charge is 0.325 e. The van der Waals surface area contributed by atoms with Gasteiger partial charge in [-0.1, -0.05) is 45.2 Å². The third kappa shape index (κ3) is 4.35. The lowest BCUT2D eigenvalue weighted by atomic mass is 9.82. The number of amides is 4. The average molecular weight is 386 g/mol. The van der Waals surface area contributed by atoms with Gasteiger partial charge in [0.05, 0.1) is 0 Å². The quantitative estimate of drug-likeness (QED) is 0.706. The van der Waals surface area contributed by atoms with Gasteiger partial charge in [-0.3, -0.25) is 19.4 Å². The highest BCUT2D eigenvalue weighted by Crippen LogP contribution is 2.33. The zero-order chi connectivity index (χ0) is 20.1. The van der Waals surface area contributed by atoms with Crippen molar-refractivity contribution in [1.82, 2.24) is 15.1 Å². The van der Waals surface area contributed by atoms with Crippen molar-refractivity contribution in [2.45, 2.75) is 58.0 Å². The van der Waals surface area contributed by atoms with Crippen molar-refractivity contribution in [3.63, 3.8) is 0 Å². The molecule has 1 saturated heterocycles. The van der Waals surface area contributed by atoms with Crippen LogP contribution in [0.3, 0.4) is 0 Å². The van der Waals surface area contributed by atoms with Crippen molar-refractivity contribution in [2.75, 3.05) is 25.0 Å². The molecule has 1 aliphatic carbocycles. The number of hydrogen-bond donors (Lipinski definition) is 2. The molecule has 7 nitrogen and oxygen atoms in total. The largest absolute Gasteiger partial charge is 0.325 e. The Morgan fingerprint density at radius 3 is 2.57 bits per heavy atom. The van der Waals surface area contributed by atoms with Crippen molar-refractivity contribution >= 4 is 23.5 Å². The molecule has 2 aliphatic rings. The van der Waals surface area contributed by atoms with Gasteiger partial charge in [-0.15, -0.1) is 0 Å². The minimum Gasteiger partial charge on any atom is -0.325 e. The first-order valence-electron chi connectivity index (χ1n) is 10.2. The lowest BCUT2D eigenvalue weighted by Gasteiger charge is -2.30. The molecule has 4 amide bonds. The molecule has 1 aromatic rings. The van der Waals surface area contributed by atoms with Crippen LogP contribution < -0.4 is 10.6 Å². The summed E-state index contributed by atoms with van der Waals surface area (Å²) < 4.78 is 0. The molecule has 1 aromatic carbocycles. The summed E-state index contributed by atoms with van der Waals surface area (Å²) in [5.41, 5.74) is 0.992. The zero-order valence-corrected chi connectivity index (χ0v) is 16.8. The van der Waals surface area contributed by atoms with E-state index in [0.29, 0.717) is 18.5 Å². The van der Waals surface area contributed by atoms with Crippen molar-refractivity contribution in [3.05, 3.63) is 29.8 Å². The van der Waals surface area contributed by atoms with Gasteiger partial charge in [0.1, 0.15) is 12.1 Å². The molecule has 0 aromatic heterocycles. The van der Waals surface area contributed by atoms with E-state index in [-0.39, 0.29) is 18.4 Å². The van der Waals surface area contributed by atoms with E-state index in [1.54, 1.807) is 0 Å². The van der Waals surface area contributed by atoms with Gasteiger partial charge >= 0.3 is 6.03 Å². The third-order valence-corrected chi connectivity index (χ3v) is 5.77. The van der Waals surface area contributed by atoms with E-state index >= 15 is 0 Å². The van der Waals surface area contributed by atoms with Crippen LogP contribution >= 0.6 is 0 Å². The van der Waals surface area contributed by atoms with Gasteiger partial charge in [0.15, 0.2) is 0 Å². The average Bonchev–Trinajstić information content (AvgIpc) is 2.91. The fourth-order valence-electron chi connectivity index (χ4n) is 4.11. The highest BCUT2D eigenvalue weighted by Gasteiger charge is 2.51. The van der Waals surface area contributed by atoms with Crippen LogP contribution in [0.15, 0.2) is 24.3 Å². The summed E-state index contributed by atoms with van der Waals surface area (Å²) in [7, 11) is 0. The number of imide groups is 1. The van der Waals surface area contributed by atoms with E-state index < -0.39 is 11.6 Å². The fraction of sp³-hybridized carbons (Fsp3) is 0.571. The van der Waals surface area contributed by atoms with Gasteiger partial charge in [0, 0.05) is 12.2 Å². The lowest BCUT2D eigenvalue weighted by molar-refractivity contribution is -0.134. The van der Waals surface area contributed by atoms with Crippen molar-refractivity contribution in [1.29, 1.82) is 0 Å². The number of nitrogens with zero attached hydrogens (tertiary/aromatic N) is 2. The van der Waals surface area contributed by atoms with E-state index in [1.807, 2.05) is 24.3 Å². The molecule has 1 aliphatic heterocycles. The summed E-state index contributed by atoms with van der Waals surface area (Å²) in [4.78, 5) is 40.9. The number of anilines is 1. The summed E-state index contributed by atoms with van der Waals surface area (Å²) in [6, 6.07) is 7.22. The summed E-state index contributed by atoms with van der Waals surface area (Å²) in [6.45, 7) is 6.71. The molecule has 28 heavy (non-hydrogen) atoms. The number of carbonyl (C=O) groups excluding carboxylic acids is 3. The minimum absolute atomic E-state index is 0.257. The van der Waals surface area contributed by atoms with Crippen LogP contribution in [0.25, 0.3) is 0 Å². The maximum Gasteiger partial charge on any atom is 0.325 e. The number of benzene rings is 1. The molecule has 1 spiro atoms. The topological polar surface area (TPSA) is 81.8 Å². The highest BCUT2D eigenvalue weighted by molar-refractivity contribution is 6.10. The molecule has 7 heteroatoms. The Kier molecular flexibility index (Phi) is 6.34. The molecule has 1 saturated carbocycles. The molecule has 1 heterocycles. The molecule has 0 radical (unpaired) electrons. The minimum atomic E-state index is -0.792. The lowest BCUT2D eigenvalue weighted by Crippen LogP contribution is -2.48. The van der Waals surface area contributed by atoms with Gasteiger partial charge in [0.2, 0.25) is 5.91 Å². The molecular weight excluding hydrogens is 356 g/mol. The molecule has 2 N–H and O–H groups in total. The number of hydrogen-bond acceptors (Lipinski definition) is 4. The van der Waals surface area contributed by atoms with Gasteiger partial charge in [-0.05, 0) is 43.6 Å². The van der Waals surface area contributed by atoms with E-state index in [1.165, 1.54) is 0 Å². The molecule has 152 valence electrons. The second kappa shape index (κ2) is 8.73. The zero-order valence-electron chi connectivity index (χ0n) is 16.8.